The number of halogens is 1. The molecule has 0 atom stereocenters. The van der Waals surface area contributed by atoms with Gasteiger partial charge in [0.15, 0.2) is 5.96 Å². The van der Waals surface area contributed by atoms with Gasteiger partial charge in [-0.15, -0.1) is 24.0 Å². The maximum atomic E-state index is 5.18. The minimum Gasteiger partial charge on any atom is -0.383 e. The molecule has 0 radical (unpaired) electrons. The van der Waals surface area contributed by atoms with E-state index in [0.717, 1.165) is 49.9 Å². The van der Waals surface area contributed by atoms with Crippen molar-refractivity contribution in [3.63, 3.8) is 0 Å². The SMILES string of the molecule is CCNC(=NCc1c(C)nn(CCOC)c1C)NCCCn1ccc2ccccc21.I. The normalized spacial score (nSPS) is 11.5. The zero-order chi connectivity index (χ0) is 21.3. The van der Waals surface area contributed by atoms with Gasteiger partial charge < -0.3 is 19.9 Å². The van der Waals surface area contributed by atoms with E-state index < -0.39 is 0 Å². The van der Waals surface area contributed by atoms with Gasteiger partial charge in [-0.1, -0.05) is 18.2 Å². The van der Waals surface area contributed by atoms with Crippen LogP contribution in [0.5, 0.6) is 0 Å². The smallest absolute Gasteiger partial charge is 0.191 e. The van der Waals surface area contributed by atoms with Gasteiger partial charge in [-0.05, 0) is 44.7 Å². The molecule has 0 aliphatic rings. The number of ether oxygens (including phenoxy) is 1. The lowest BCUT2D eigenvalue weighted by Gasteiger charge is -2.12. The molecule has 3 aromatic rings. The second-order valence-electron chi connectivity index (χ2n) is 7.41. The molecule has 3 rings (SSSR count). The molecular weight excluding hydrogens is 503 g/mol. The number of guanidine groups is 1. The highest BCUT2D eigenvalue weighted by atomic mass is 127. The lowest BCUT2D eigenvalue weighted by atomic mass is 10.2. The number of aliphatic imine (C=N–C) groups is 1. The van der Waals surface area contributed by atoms with Crippen molar-refractivity contribution in [3.05, 3.63) is 53.5 Å². The highest BCUT2D eigenvalue weighted by molar-refractivity contribution is 14.0. The molecule has 8 heteroatoms. The Balaban J connectivity index is 0.00000341. The monoisotopic (exact) mass is 538 g/mol. The second kappa shape index (κ2) is 12.7. The Morgan fingerprint density at radius 3 is 2.71 bits per heavy atom. The van der Waals surface area contributed by atoms with Gasteiger partial charge in [0.25, 0.3) is 0 Å². The van der Waals surface area contributed by atoms with E-state index in [1.54, 1.807) is 7.11 Å². The van der Waals surface area contributed by atoms with Crippen LogP contribution in [0.1, 0.15) is 30.3 Å². The number of methoxy groups -OCH3 is 1. The van der Waals surface area contributed by atoms with E-state index in [1.807, 2.05) is 11.6 Å². The molecule has 0 aliphatic heterocycles. The molecular formula is C23H35IN6O. The van der Waals surface area contributed by atoms with Gasteiger partial charge in [0, 0.05) is 49.7 Å². The Morgan fingerprint density at radius 2 is 1.94 bits per heavy atom. The largest absolute Gasteiger partial charge is 0.383 e. The third-order valence-corrected chi connectivity index (χ3v) is 5.33. The average molecular weight is 538 g/mol. The fourth-order valence-corrected chi connectivity index (χ4v) is 3.65. The molecule has 0 fully saturated rings. The third kappa shape index (κ3) is 6.70. The van der Waals surface area contributed by atoms with Crippen LogP contribution in [0.3, 0.4) is 0 Å². The van der Waals surface area contributed by atoms with Gasteiger partial charge in [0.05, 0.1) is 25.4 Å². The summed E-state index contributed by atoms with van der Waals surface area (Å²) in [5.74, 6) is 0.846. The fraction of sp³-hybridized carbons (Fsp3) is 0.478. The number of para-hydroxylation sites is 1. The summed E-state index contributed by atoms with van der Waals surface area (Å²) in [4.78, 5) is 4.79. The first-order valence-corrected chi connectivity index (χ1v) is 10.7. The summed E-state index contributed by atoms with van der Waals surface area (Å²) in [6.45, 7) is 10.9. The van der Waals surface area contributed by atoms with E-state index in [1.165, 1.54) is 16.5 Å². The van der Waals surface area contributed by atoms with E-state index in [4.69, 9.17) is 9.73 Å². The number of hydrogen-bond donors (Lipinski definition) is 2. The zero-order valence-electron chi connectivity index (χ0n) is 19.0. The Bertz CT molecular complexity index is 978. The molecule has 0 amide bonds. The topological polar surface area (TPSA) is 68.4 Å². The summed E-state index contributed by atoms with van der Waals surface area (Å²) < 4.78 is 9.49. The predicted molar refractivity (Wildman–Crippen MR) is 138 cm³/mol. The van der Waals surface area contributed by atoms with E-state index in [2.05, 4.69) is 70.7 Å². The number of nitrogens with one attached hydrogen (secondary N) is 2. The number of hydrogen-bond acceptors (Lipinski definition) is 3. The summed E-state index contributed by atoms with van der Waals surface area (Å²) in [7, 11) is 1.71. The molecule has 2 N–H and O–H groups in total. The van der Waals surface area contributed by atoms with Crippen LogP contribution in [0.15, 0.2) is 41.5 Å². The molecule has 0 unspecified atom stereocenters. The summed E-state index contributed by atoms with van der Waals surface area (Å²) in [6.07, 6.45) is 3.19. The van der Waals surface area contributed by atoms with Crippen molar-refractivity contribution in [2.45, 2.75) is 46.8 Å². The Hall–Kier alpha value is -2.07. The van der Waals surface area contributed by atoms with Crippen molar-refractivity contribution in [2.75, 3.05) is 26.8 Å². The molecule has 0 bridgehead atoms. The molecule has 1 aromatic carbocycles. The zero-order valence-corrected chi connectivity index (χ0v) is 21.3. The molecule has 0 saturated heterocycles. The van der Waals surface area contributed by atoms with Crippen molar-refractivity contribution in [2.24, 2.45) is 4.99 Å². The average Bonchev–Trinajstić information content (AvgIpc) is 3.28. The van der Waals surface area contributed by atoms with Gasteiger partial charge in [0.1, 0.15) is 0 Å². The standard InChI is InChI=1S/C23H34N6O.HI/c1-5-24-23(26-17-21-18(2)27-29(19(21)3)15-16-30-4)25-12-8-13-28-14-11-20-9-6-7-10-22(20)28;/h6-7,9-11,14H,5,8,12-13,15-17H2,1-4H3,(H2,24,25,26);1H. The first kappa shape index (κ1) is 25.2. The quantitative estimate of drug-likeness (QED) is 0.178. The number of fused-ring (bicyclic) bond motifs is 1. The molecule has 0 aliphatic carbocycles. The third-order valence-electron chi connectivity index (χ3n) is 5.33. The van der Waals surface area contributed by atoms with Crippen LogP contribution >= 0.6 is 24.0 Å². The van der Waals surface area contributed by atoms with Crippen LogP contribution < -0.4 is 10.6 Å². The van der Waals surface area contributed by atoms with Gasteiger partial charge >= 0.3 is 0 Å². The highest BCUT2D eigenvalue weighted by Gasteiger charge is 2.11. The summed E-state index contributed by atoms with van der Waals surface area (Å²) in [5, 5.41) is 12.7. The molecule has 0 saturated carbocycles. The first-order valence-electron chi connectivity index (χ1n) is 10.7. The number of aryl methyl sites for hydroxylation is 2. The van der Waals surface area contributed by atoms with Crippen LogP contribution in [0.25, 0.3) is 10.9 Å². The molecule has 2 aromatic heterocycles. The molecule has 31 heavy (non-hydrogen) atoms. The summed E-state index contributed by atoms with van der Waals surface area (Å²) in [5.41, 5.74) is 4.66. The maximum absolute atomic E-state index is 5.18. The molecule has 0 spiro atoms. The van der Waals surface area contributed by atoms with Crippen LogP contribution in [0.4, 0.5) is 0 Å². The lowest BCUT2D eigenvalue weighted by molar-refractivity contribution is 0.182. The number of rotatable bonds is 10. The van der Waals surface area contributed by atoms with Crippen molar-refractivity contribution >= 4 is 40.8 Å². The van der Waals surface area contributed by atoms with Crippen molar-refractivity contribution < 1.29 is 4.74 Å². The van der Waals surface area contributed by atoms with Crippen LogP contribution in [-0.2, 0) is 24.4 Å². The van der Waals surface area contributed by atoms with Gasteiger partial charge in [0.2, 0.25) is 0 Å². The second-order valence-corrected chi connectivity index (χ2v) is 7.41. The van der Waals surface area contributed by atoms with Gasteiger partial charge in [-0.25, -0.2) is 4.99 Å². The Kier molecular flexibility index (Phi) is 10.3. The Labute approximate surface area is 202 Å². The van der Waals surface area contributed by atoms with Crippen molar-refractivity contribution in [1.82, 2.24) is 25.0 Å². The van der Waals surface area contributed by atoms with Gasteiger partial charge in [-0.2, -0.15) is 5.10 Å². The van der Waals surface area contributed by atoms with Crippen molar-refractivity contribution in [3.8, 4) is 0 Å². The van der Waals surface area contributed by atoms with Crippen molar-refractivity contribution in [1.29, 1.82) is 0 Å². The molecule has 7 nitrogen and oxygen atoms in total. The maximum Gasteiger partial charge on any atom is 0.191 e. The molecule has 2 heterocycles. The molecule has 170 valence electrons. The van der Waals surface area contributed by atoms with Crippen LogP contribution in [0.2, 0.25) is 0 Å². The summed E-state index contributed by atoms with van der Waals surface area (Å²) >= 11 is 0. The van der Waals surface area contributed by atoms with Gasteiger partial charge in [-0.3, -0.25) is 4.68 Å². The number of aromatic nitrogens is 3. The summed E-state index contributed by atoms with van der Waals surface area (Å²) in [6, 6.07) is 10.7. The van der Waals surface area contributed by atoms with Crippen LogP contribution in [0, 0.1) is 13.8 Å². The predicted octanol–water partition coefficient (Wildman–Crippen LogP) is 3.86. The number of benzene rings is 1. The van der Waals surface area contributed by atoms with Crippen LogP contribution in [-0.4, -0.2) is 47.1 Å². The van der Waals surface area contributed by atoms with E-state index in [-0.39, 0.29) is 24.0 Å². The minimum absolute atomic E-state index is 0. The first-order chi connectivity index (χ1) is 14.6. The highest BCUT2D eigenvalue weighted by Crippen LogP contribution is 2.15. The van der Waals surface area contributed by atoms with E-state index in [0.29, 0.717) is 13.2 Å². The van der Waals surface area contributed by atoms with E-state index >= 15 is 0 Å². The number of nitrogens with zero attached hydrogens (tertiary/aromatic N) is 4. The Morgan fingerprint density at radius 1 is 1.13 bits per heavy atom. The lowest BCUT2D eigenvalue weighted by Crippen LogP contribution is -2.38. The van der Waals surface area contributed by atoms with E-state index in [9.17, 15) is 0 Å². The fourth-order valence-electron chi connectivity index (χ4n) is 3.65. The minimum atomic E-state index is 0.